The van der Waals surface area contributed by atoms with E-state index in [-0.39, 0.29) is 0 Å². The van der Waals surface area contributed by atoms with Crippen molar-refractivity contribution < 1.29 is 14.6 Å². The fourth-order valence-corrected chi connectivity index (χ4v) is 2.21. The average Bonchev–Trinajstić information content (AvgIpc) is 2.43. The predicted molar refractivity (Wildman–Crippen MR) is 78.5 cm³/mol. The first-order valence-corrected chi connectivity index (χ1v) is 6.70. The van der Waals surface area contributed by atoms with Crippen molar-refractivity contribution >= 4 is 16.7 Å². The zero-order valence-electron chi connectivity index (χ0n) is 11.7. The normalized spacial score (nSPS) is 13.9. The Hall–Kier alpha value is -2.07. The van der Waals surface area contributed by atoms with E-state index < -0.39 is 18.1 Å². The molecule has 1 amide bonds. The highest BCUT2D eigenvalue weighted by Gasteiger charge is 2.20. The van der Waals surface area contributed by atoms with E-state index in [9.17, 15) is 9.90 Å². The van der Waals surface area contributed by atoms with Crippen LogP contribution in [-0.4, -0.2) is 17.1 Å². The van der Waals surface area contributed by atoms with E-state index in [1.54, 1.807) is 6.92 Å². The first kappa shape index (κ1) is 14.3. The fourth-order valence-electron chi connectivity index (χ4n) is 2.21. The minimum Gasteiger partial charge on any atom is -0.480 e. The Bertz CT molecular complexity index is 622. The number of hydrogen-bond acceptors (Lipinski definition) is 3. The van der Waals surface area contributed by atoms with E-state index in [4.69, 9.17) is 10.5 Å². The zero-order valence-corrected chi connectivity index (χ0v) is 11.7. The largest absolute Gasteiger partial charge is 0.480 e. The minimum absolute atomic E-state index is 0.484. The van der Waals surface area contributed by atoms with Crippen LogP contribution < -0.4 is 10.5 Å². The van der Waals surface area contributed by atoms with Crippen molar-refractivity contribution in [1.29, 1.82) is 0 Å². The second-order valence-corrected chi connectivity index (χ2v) is 4.80. The average molecular weight is 273 g/mol. The third kappa shape index (κ3) is 2.75. The van der Waals surface area contributed by atoms with Gasteiger partial charge >= 0.3 is 0 Å². The monoisotopic (exact) mass is 273 g/mol. The van der Waals surface area contributed by atoms with Gasteiger partial charge in [-0.3, -0.25) is 4.79 Å². The fraction of sp³-hybridized carbons (Fsp3) is 0.312. The van der Waals surface area contributed by atoms with Gasteiger partial charge in [0.05, 0.1) is 6.10 Å². The maximum absolute atomic E-state index is 11.4. The molecule has 0 saturated heterocycles. The Morgan fingerprint density at radius 3 is 2.60 bits per heavy atom. The number of amides is 1. The van der Waals surface area contributed by atoms with Gasteiger partial charge in [-0.2, -0.15) is 0 Å². The highest BCUT2D eigenvalue weighted by Crippen LogP contribution is 2.34. The first-order valence-electron chi connectivity index (χ1n) is 6.70. The molecule has 0 spiro atoms. The summed E-state index contributed by atoms with van der Waals surface area (Å²) >= 11 is 0. The van der Waals surface area contributed by atoms with Crippen LogP contribution in [0, 0.1) is 0 Å². The lowest BCUT2D eigenvalue weighted by atomic mass is 10.0. The molecular formula is C16H19NO3. The Morgan fingerprint density at radius 1 is 1.30 bits per heavy atom. The minimum atomic E-state index is -0.696. The maximum atomic E-state index is 11.4. The predicted octanol–water partition coefficient (Wildman–Crippen LogP) is 2.54. The molecule has 106 valence electrons. The summed E-state index contributed by atoms with van der Waals surface area (Å²) in [6.07, 6.45) is -0.893. The molecule has 0 aliphatic carbocycles. The standard InChI is InChI=1S/C16H19NO3/c1-3-14(16(17)19)20-15-12(10(2)18)9-8-11-6-4-5-7-13(11)15/h4-10,14,18H,3H2,1-2H3,(H2,17,19)/t10-,14?/m0/s1. The molecule has 2 aromatic rings. The molecule has 0 heterocycles. The lowest BCUT2D eigenvalue weighted by Crippen LogP contribution is -2.33. The number of rotatable bonds is 5. The Balaban J connectivity index is 2.57. The van der Waals surface area contributed by atoms with Crippen LogP contribution in [0.4, 0.5) is 0 Å². The van der Waals surface area contributed by atoms with E-state index in [0.29, 0.717) is 17.7 Å². The van der Waals surface area contributed by atoms with Crippen molar-refractivity contribution in [2.75, 3.05) is 0 Å². The van der Waals surface area contributed by atoms with Crippen molar-refractivity contribution in [3.63, 3.8) is 0 Å². The number of aliphatic hydroxyl groups excluding tert-OH is 1. The Kier molecular flexibility index (Phi) is 4.25. The number of hydrogen-bond donors (Lipinski definition) is 2. The van der Waals surface area contributed by atoms with Crippen molar-refractivity contribution in [3.8, 4) is 5.75 Å². The van der Waals surface area contributed by atoms with Crippen molar-refractivity contribution in [3.05, 3.63) is 42.0 Å². The summed E-state index contributed by atoms with van der Waals surface area (Å²) < 4.78 is 5.80. The van der Waals surface area contributed by atoms with Crippen LogP contribution >= 0.6 is 0 Å². The third-order valence-corrected chi connectivity index (χ3v) is 3.31. The molecule has 4 nitrogen and oxygen atoms in total. The van der Waals surface area contributed by atoms with E-state index in [1.807, 2.05) is 43.3 Å². The van der Waals surface area contributed by atoms with Gasteiger partial charge in [-0.05, 0) is 18.7 Å². The highest BCUT2D eigenvalue weighted by molar-refractivity contribution is 5.90. The topological polar surface area (TPSA) is 72.6 Å². The number of aliphatic hydroxyl groups is 1. The van der Waals surface area contributed by atoms with Gasteiger partial charge < -0.3 is 15.6 Å². The first-order chi connectivity index (χ1) is 9.54. The lowest BCUT2D eigenvalue weighted by Gasteiger charge is -2.20. The summed E-state index contributed by atoms with van der Waals surface area (Å²) in [6.45, 7) is 3.50. The van der Waals surface area contributed by atoms with Gasteiger partial charge in [0, 0.05) is 10.9 Å². The van der Waals surface area contributed by atoms with Crippen molar-refractivity contribution in [2.45, 2.75) is 32.5 Å². The third-order valence-electron chi connectivity index (χ3n) is 3.31. The summed E-state index contributed by atoms with van der Waals surface area (Å²) in [5, 5.41) is 11.8. The van der Waals surface area contributed by atoms with Gasteiger partial charge in [0.15, 0.2) is 6.10 Å². The lowest BCUT2D eigenvalue weighted by molar-refractivity contribution is -0.124. The van der Waals surface area contributed by atoms with E-state index >= 15 is 0 Å². The summed E-state index contributed by atoms with van der Waals surface area (Å²) in [5.41, 5.74) is 5.99. The molecule has 3 N–H and O–H groups in total. The molecule has 2 rings (SSSR count). The zero-order chi connectivity index (χ0) is 14.7. The number of primary amides is 1. The van der Waals surface area contributed by atoms with E-state index in [1.165, 1.54) is 0 Å². The molecule has 0 aromatic heterocycles. The van der Waals surface area contributed by atoms with Crippen LogP contribution in [0.5, 0.6) is 5.75 Å². The molecule has 0 radical (unpaired) electrons. The molecule has 2 atom stereocenters. The second-order valence-electron chi connectivity index (χ2n) is 4.80. The van der Waals surface area contributed by atoms with Gasteiger partial charge in [-0.15, -0.1) is 0 Å². The number of carbonyl (C=O) groups excluding carboxylic acids is 1. The number of carbonyl (C=O) groups is 1. The molecule has 1 unspecified atom stereocenters. The summed E-state index contributed by atoms with van der Waals surface area (Å²) in [7, 11) is 0. The molecule has 0 fully saturated rings. The maximum Gasteiger partial charge on any atom is 0.258 e. The van der Waals surface area contributed by atoms with Crippen molar-refractivity contribution in [1.82, 2.24) is 0 Å². The van der Waals surface area contributed by atoms with E-state index in [2.05, 4.69) is 0 Å². The van der Waals surface area contributed by atoms with Gasteiger partial charge in [-0.1, -0.05) is 43.3 Å². The quantitative estimate of drug-likeness (QED) is 0.879. The van der Waals surface area contributed by atoms with E-state index in [0.717, 1.165) is 10.8 Å². The molecule has 20 heavy (non-hydrogen) atoms. The number of nitrogens with two attached hydrogens (primary N) is 1. The smallest absolute Gasteiger partial charge is 0.258 e. The molecule has 0 saturated carbocycles. The van der Waals surface area contributed by atoms with Gasteiger partial charge in [-0.25, -0.2) is 0 Å². The highest BCUT2D eigenvalue weighted by atomic mass is 16.5. The summed E-state index contributed by atoms with van der Waals surface area (Å²) in [5.74, 6) is 0.0285. The number of benzene rings is 2. The summed E-state index contributed by atoms with van der Waals surface area (Å²) in [4.78, 5) is 11.4. The Morgan fingerprint density at radius 2 is 2.00 bits per heavy atom. The van der Waals surface area contributed by atoms with Crippen molar-refractivity contribution in [2.24, 2.45) is 5.73 Å². The summed E-state index contributed by atoms with van der Waals surface area (Å²) in [6, 6.07) is 11.4. The SMILES string of the molecule is CCC(Oc1c([C@H](C)O)ccc2ccccc12)C(N)=O. The number of fused-ring (bicyclic) bond motifs is 1. The number of ether oxygens (including phenoxy) is 1. The van der Waals surface area contributed by atoms with Gasteiger partial charge in [0.1, 0.15) is 5.75 Å². The van der Waals surface area contributed by atoms with Crippen LogP contribution in [0.3, 0.4) is 0 Å². The Labute approximate surface area is 118 Å². The second kappa shape index (κ2) is 5.92. The molecule has 0 bridgehead atoms. The van der Waals surface area contributed by atoms with Crippen LogP contribution in [0.25, 0.3) is 10.8 Å². The van der Waals surface area contributed by atoms with Crippen LogP contribution in [-0.2, 0) is 4.79 Å². The molecular weight excluding hydrogens is 254 g/mol. The van der Waals surface area contributed by atoms with Gasteiger partial charge in [0.25, 0.3) is 5.91 Å². The molecule has 4 heteroatoms. The van der Waals surface area contributed by atoms with Crippen LogP contribution in [0.15, 0.2) is 36.4 Å². The van der Waals surface area contributed by atoms with Crippen LogP contribution in [0.2, 0.25) is 0 Å². The molecule has 2 aromatic carbocycles. The van der Waals surface area contributed by atoms with Gasteiger partial charge in [0.2, 0.25) is 0 Å². The van der Waals surface area contributed by atoms with Crippen LogP contribution in [0.1, 0.15) is 31.9 Å². The molecule has 0 aliphatic rings. The molecule has 0 aliphatic heterocycles.